The lowest BCUT2D eigenvalue weighted by molar-refractivity contribution is -0.121. The molecule has 116 valence electrons. The molecule has 0 spiro atoms. The molecule has 22 heavy (non-hydrogen) atoms. The minimum atomic E-state index is -1.06. The molecule has 2 N–H and O–H groups in total. The molecule has 5 nitrogen and oxygen atoms in total. The zero-order chi connectivity index (χ0) is 16.1. The van der Waals surface area contributed by atoms with Gasteiger partial charge in [0.05, 0.1) is 6.54 Å². The third-order valence-corrected chi connectivity index (χ3v) is 4.81. The molecular formula is C15H15BrN2O3S. The molecule has 0 saturated heterocycles. The number of amides is 1. The van der Waals surface area contributed by atoms with Crippen molar-refractivity contribution in [1.29, 1.82) is 0 Å². The van der Waals surface area contributed by atoms with Gasteiger partial charge in [-0.1, -0.05) is 28.1 Å². The molecule has 7 heteroatoms. The number of hydrogen-bond donors (Lipinski definition) is 2. The highest BCUT2D eigenvalue weighted by Crippen LogP contribution is 2.18. The Hall–Kier alpha value is -1.73. The van der Waals surface area contributed by atoms with Crippen LogP contribution >= 0.6 is 27.3 Å². The molecule has 0 fully saturated rings. The molecule has 2 aromatic rings. The van der Waals surface area contributed by atoms with Crippen LogP contribution in [0, 0.1) is 6.92 Å². The number of carboxylic acid groups (broad SMARTS) is 1. The lowest BCUT2D eigenvalue weighted by Crippen LogP contribution is -2.23. The second-order valence-corrected chi connectivity index (χ2v) is 6.59. The summed E-state index contributed by atoms with van der Waals surface area (Å²) < 4.78 is 1.05. The van der Waals surface area contributed by atoms with Gasteiger partial charge in [-0.15, -0.1) is 11.3 Å². The summed E-state index contributed by atoms with van der Waals surface area (Å²) in [7, 11) is 0. The van der Waals surface area contributed by atoms with Gasteiger partial charge in [0.2, 0.25) is 5.91 Å². The Labute approximate surface area is 140 Å². The molecule has 0 saturated carbocycles. The third kappa shape index (κ3) is 4.64. The Balaban J connectivity index is 1.80. The fourth-order valence-corrected chi connectivity index (χ4v) is 2.83. The van der Waals surface area contributed by atoms with Crippen molar-refractivity contribution in [2.45, 2.75) is 26.3 Å². The molecule has 0 aliphatic heterocycles. The van der Waals surface area contributed by atoms with E-state index in [1.54, 1.807) is 0 Å². The monoisotopic (exact) mass is 382 g/mol. The number of benzene rings is 1. The average Bonchev–Trinajstić information content (AvgIpc) is 2.95. The maximum Gasteiger partial charge on any atom is 0.355 e. The van der Waals surface area contributed by atoms with E-state index in [9.17, 15) is 9.59 Å². The van der Waals surface area contributed by atoms with Gasteiger partial charge in [-0.05, 0) is 30.5 Å². The standard InChI is InChI=1S/C15H15BrN2O3S/c1-9-6-10(2-4-11(9)16)3-5-13(19)17-7-14-18-12(8-22-14)15(20)21/h2,4,6,8H,3,5,7H2,1H3,(H,17,19)(H,20,21). The fourth-order valence-electron chi connectivity index (χ4n) is 1.87. The first-order chi connectivity index (χ1) is 10.5. The molecule has 0 aliphatic carbocycles. The van der Waals surface area contributed by atoms with Gasteiger partial charge in [-0.3, -0.25) is 4.79 Å². The van der Waals surface area contributed by atoms with Crippen molar-refractivity contribution >= 4 is 39.1 Å². The van der Waals surface area contributed by atoms with Gasteiger partial charge in [0.1, 0.15) is 5.01 Å². The number of aromatic nitrogens is 1. The van der Waals surface area contributed by atoms with E-state index in [1.807, 2.05) is 19.1 Å². The Bertz CT molecular complexity index is 700. The quantitative estimate of drug-likeness (QED) is 0.803. The number of nitrogens with zero attached hydrogens (tertiary/aromatic N) is 1. The number of carbonyl (C=O) groups is 2. The number of aromatic carboxylic acids is 1. The highest BCUT2D eigenvalue weighted by atomic mass is 79.9. The Kier molecular flexibility index (Phi) is 5.68. The summed E-state index contributed by atoms with van der Waals surface area (Å²) in [6.45, 7) is 2.27. The zero-order valence-electron chi connectivity index (χ0n) is 11.9. The van der Waals surface area contributed by atoms with Crippen molar-refractivity contribution < 1.29 is 14.7 Å². The second-order valence-electron chi connectivity index (χ2n) is 4.79. The van der Waals surface area contributed by atoms with Crippen LogP contribution in [-0.2, 0) is 17.8 Å². The molecular weight excluding hydrogens is 368 g/mol. The number of thiazole rings is 1. The van der Waals surface area contributed by atoms with Gasteiger partial charge in [0.15, 0.2) is 5.69 Å². The predicted molar refractivity (Wildman–Crippen MR) is 88.1 cm³/mol. The summed E-state index contributed by atoms with van der Waals surface area (Å²) in [6, 6.07) is 6.02. The van der Waals surface area contributed by atoms with Crippen LogP contribution < -0.4 is 5.32 Å². The largest absolute Gasteiger partial charge is 0.476 e. The molecule has 1 heterocycles. The van der Waals surface area contributed by atoms with E-state index in [0.717, 1.165) is 15.6 Å². The topological polar surface area (TPSA) is 79.3 Å². The maximum absolute atomic E-state index is 11.8. The van der Waals surface area contributed by atoms with Crippen molar-refractivity contribution in [3.8, 4) is 0 Å². The van der Waals surface area contributed by atoms with E-state index in [-0.39, 0.29) is 18.1 Å². The van der Waals surface area contributed by atoms with Crippen LogP contribution in [0.4, 0.5) is 0 Å². The van der Waals surface area contributed by atoms with Crippen molar-refractivity contribution in [3.05, 3.63) is 49.9 Å². The lowest BCUT2D eigenvalue weighted by atomic mass is 10.1. The van der Waals surface area contributed by atoms with Crippen LogP contribution in [0.15, 0.2) is 28.1 Å². The molecule has 1 amide bonds. The predicted octanol–water partition coefficient (Wildman–Crippen LogP) is 3.16. The van der Waals surface area contributed by atoms with Crippen LogP contribution in [0.3, 0.4) is 0 Å². The summed E-state index contributed by atoms with van der Waals surface area (Å²) in [5.41, 5.74) is 2.26. The van der Waals surface area contributed by atoms with Crippen LogP contribution in [-0.4, -0.2) is 22.0 Å². The highest BCUT2D eigenvalue weighted by Gasteiger charge is 2.09. The number of hydrogen-bond acceptors (Lipinski definition) is 4. The van der Waals surface area contributed by atoms with Gasteiger partial charge in [0, 0.05) is 16.3 Å². The highest BCUT2D eigenvalue weighted by molar-refractivity contribution is 9.10. The normalized spacial score (nSPS) is 10.5. The minimum Gasteiger partial charge on any atom is -0.476 e. The molecule has 0 aliphatic rings. The Morgan fingerprint density at radius 2 is 2.18 bits per heavy atom. The second kappa shape index (κ2) is 7.51. The maximum atomic E-state index is 11.8. The van der Waals surface area contributed by atoms with Gasteiger partial charge < -0.3 is 10.4 Å². The van der Waals surface area contributed by atoms with Crippen LogP contribution in [0.25, 0.3) is 0 Å². The van der Waals surface area contributed by atoms with E-state index >= 15 is 0 Å². The Morgan fingerprint density at radius 1 is 1.41 bits per heavy atom. The van der Waals surface area contributed by atoms with Crippen LogP contribution in [0.1, 0.15) is 33.0 Å². The van der Waals surface area contributed by atoms with E-state index in [0.29, 0.717) is 17.8 Å². The van der Waals surface area contributed by atoms with E-state index in [4.69, 9.17) is 5.11 Å². The Morgan fingerprint density at radius 3 is 2.82 bits per heavy atom. The molecule has 1 aromatic heterocycles. The molecule has 0 bridgehead atoms. The molecule has 2 rings (SSSR count). The van der Waals surface area contributed by atoms with Crippen LogP contribution in [0.5, 0.6) is 0 Å². The van der Waals surface area contributed by atoms with Gasteiger partial charge in [-0.2, -0.15) is 0 Å². The number of carbonyl (C=O) groups excluding carboxylic acids is 1. The number of aryl methyl sites for hydroxylation is 2. The minimum absolute atomic E-state index is 0.0135. The average molecular weight is 383 g/mol. The summed E-state index contributed by atoms with van der Waals surface area (Å²) in [6.07, 6.45) is 1.05. The van der Waals surface area contributed by atoms with Crippen LogP contribution in [0.2, 0.25) is 0 Å². The first-order valence-electron chi connectivity index (χ1n) is 6.65. The fraction of sp³-hybridized carbons (Fsp3) is 0.267. The third-order valence-electron chi connectivity index (χ3n) is 3.07. The zero-order valence-corrected chi connectivity index (χ0v) is 14.3. The van der Waals surface area contributed by atoms with Crippen molar-refractivity contribution in [2.24, 2.45) is 0 Å². The number of nitrogens with one attached hydrogen (secondary N) is 1. The SMILES string of the molecule is Cc1cc(CCC(=O)NCc2nc(C(=O)O)cs2)ccc1Br. The van der Waals surface area contributed by atoms with Gasteiger partial charge in [-0.25, -0.2) is 9.78 Å². The summed E-state index contributed by atoms with van der Waals surface area (Å²) in [5.74, 6) is -1.13. The summed E-state index contributed by atoms with van der Waals surface area (Å²) >= 11 is 4.67. The number of halogens is 1. The molecule has 0 radical (unpaired) electrons. The van der Waals surface area contributed by atoms with Crippen molar-refractivity contribution in [2.75, 3.05) is 0 Å². The smallest absolute Gasteiger partial charge is 0.355 e. The summed E-state index contributed by atoms with van der Waals surface area (Å²) in [5, 5.41) is 13.6. The van der Waals surface area contributed by atoms with Crippen molar-refractivity contribution in [3.63, 3.8) is 0 Å². The first-order valence-corrected chi connectivity index (χ1v) is 8.32. The number of rotatable bonds is 6. The summed E-state index contributed by atoms with van der Waals surface area (Å²) in [4.78, 5) is 26.5. The van der Waals surface area contributed by atoms with Gasteiger partial charge >= 0.3 is 5.97 Å². The van der Waals surface area contributed by atoms with E-state index in [1.165, 1.54) is 16.7 Å². The van der Waals surface area contributed by atoms with E-state index < -0.39 is 5.97 Å². The van der Waals surface area contributed by atoms with E-state index in [2.05, 4.69) is 32.3 Å². The first kappa shape index (κ1) is 16.6. The molecule has 0 atom stereocenters. The van der Waals surface area contributed by atoms with Gasteiger partial charge in [0.25, 0.3) is 0 Å². The number of carboxylic acids is 1. The molecule has 1 aromatic carbocycles. The molecule has 0 unspecified atom stereocenters. The lowest BCUT2D eigenvalue weighted by Gasteiger charge is -2.05. The van der Waals surface area contributed by atoms with Crippen molar-refractivity contribution in [1.82, 2.24) is 10.3 Å².